The molecule has 0 aliphatic rings. The smallest absolute Gasteiger partial charge is 0.309 e. The largest absolute Gasteiger partial charge is 0.427 e. The second-order valence-electron chi connectivity index (χ2n) is 8.97. The average Bonchev–Trinajstić information content (AvgIpc) is 2.61. The Hall–Kier alpha value is -1.25. The van der Waals surface area contributed by atoms with Crippen molar-refractivity contribution < 1.29 is 9.76 Å². The Balaban J connectivity index is 2.97. The summed E-state index contributed by atoms with van der Waals surface area (Å²) in [6.07, 6.45) is 13.0. The molecule has 0 bridgehead atoms. The molecule has 154 valence electrons. The highest BCUT2D eigenvalue weighted by Crippen LogP contribution is 2.24. The van der Waals surface area contributed by atoms with Crippen LogP contribution in [0.15, 0.2) is 37.4 Å². The minimum atomic E-state index is -0.894. The minimum absolute atomic E-state index is 0.535. The molecule has 28 heavy (non-hydrogen) atoms. The Morgan fingerprint density at radius 3 is 2.00 bits per heavy atom. The number of unbranched alkanes of at least 4 members (excludes halogenated alkanes) is 4. The lowest BCUT2D eigenvalue weighted by Crippen LogP contribution is -2.49. The third-order valence-corrected chi connectivity index (χ3v) is 5.93. The molecule has 0 atom stereocenters. The fourth-order valence-corrected chi connectivity index (χ4v) is 3.14. The van der Waals surface area contributed by atoms with Crippen LogP contribution in [0, 0.1) is 0 Å². The van der Waals surface area contributed by atoms with E-state index in [-0.39, 0.29) is 0 Å². The molecule has 0 saturated heterocycles. The van der Waals surface area contributed by atoms with Gasteiger partial charge >= 0.3 is 7.48 Å². The molecule has 1 N–H and O–H groups in total. The van der Waals surface area contributed by atoms with Crippen LogP contribution in [0.5, 0.6) is 0 Å². The fraction of sp³-hybridized carbons (Fsp3) is 0.583. The first-order valence-corrected chi connectivity index (χ1v) is 10.8. The van der Waals surface area contributed by atoms with Crippen LogP contribution in [-0.4, -0.2) is 31.6 Å². The van der Waals surface area contributed by atoms with E-state index < -0.39 is 11.2 Å². The van der Waals surface area contributed by atoms with E-state index in [1.807, 2.05) is 39.8 Å². The van der Waals surface area contributed by atoms with Gasteiger partial charge in [-0.1, -0.05) is 40.9 Å². The van der Waals surface area contributed by atoms with Crippen LogP contribution in [0.25, 0.3) is 0 Å². The molecule has 0 aromatic heterocycles. The molecule has 0 aliphatic carbocycles. The van der Waals surface area contributed by atoms with Gasteiger partial charge < -0.3 is 9.76 Å². The minimum Gasteiger partial charge on any atom is -0.427 e. The number of allylic oxidation sites excluding steroid dienone is 2. The number of rotatable bonds is 14. The molecule has 2 nitrogen and oxygen atoms in total. The Morgan fingerprint density at radius 1 is 0.964 bits per heavy atom. The number of benzene rings is 1. The van der Waals surface area contributed by atoms with Gasteiger partial charge in [-0.25, -0.2) is 0 Å². The predicted molar refractivity (Wildman–Crippen MR) is 128 cm³/mol. The quantitative estimate of drug-likeness (QED) is 0.304. The van der Waals surface area contributed by atoms with Crippen molar-refractivity contribution in [2.75, 3.05) is 0 Å². The van der Waals surface area contributed by atoms with Crippen molar-refractivity contribution >= 4 is 26.3 Å². The molecule has 0 amide bonds. The van der Waals surface area contributed by atoms with Gasteiger partial charge in [-0.05, 0) is 84.5 Å². The number of hydrogen-bond donors (Lipinski definition) is 1. The summed E-state index contributed by atoms with van der Waals surface area (Å²) in [6, 6.07) is 4.69. The van der Waals surface area contributed by atoms with Gasteiger partial charge in [0.2, 0.25) is 0 Å². The topological polar surface area (TPSA) is 29.5 Å². The summed E-state index contributed by atoms with van der Waals surface area (Å²) < 4.78 is 6.21. The van der Waals surface area contributed by atoms with Gasteiger partial charge in [0.15, 0.2) is 0 Å². The molecule has 4 heteroatoms. The lowest BCUT2D eigenvalue weighted by Gasteiger charge is -2.37. The van der Waals surface area contributed by atoms with Gasteiger partial charge in [-0.2, -0.15) is 0 Å². The molecule has 0 spiro atoms. The monoisotopic (exact) mass is 382 g/mol. The maximum Gasteiger partial charge on any atom is 0.309 e. The molecule has 0 radical (unpaired) electrons. The van der Waals surface area contributed by atoms with E-state index >= 15 is 0 Å². The van der Waals surface area contributed by atoms with Gasteiger partial charge in [0.1, 0.15) is 7.85 Å². The van der Waals surface area contributed by atoms with Gasteiger partial charge in [-0.15, -0.1) is 13.2 Å². The average molecular weight is 382 g/mol. The van der Waals surface area contributed by atoms with Crippen molar-refractivity contribution in [1.29, 1.82) is 0 Å². The highest BCUT2D eigenvalue weighted by Gasteiger charge is 2.35. The number of aliphatic hydroxyl groups is 1. The first kappa shape index (κ1) is 24.8. The third-order valence-electron chi connectivity index (χ3n) is 5.93. The lowest BCUT2D eigenvalue weighted by atomic mass is 9.74. The molecule has 1 aromatic rings. The summed E-state index contributed by atoms with van der Waals surface area (Å²) in [5, 5.41) is 10.4. The summed E-state index contributed by atoms with van der Waals surface area (Å²) in [7, 11) is 2.76. The van der Waals surface area contributed by atoms with Crippen molar-refractivity contribution in [3.63, 3.8) is 0 Å². The summed E-state index contributed by atoms with van der Waals surface area (Å²) in [4.78, 5) is 0. The molecule has 1 rings (SSSR count). The molecular formula is C24H40B2O2. The summed E-state index contributed by atoms with van der Waals surface area (Å²) in [6.45, 7) is 15.2. The molecular weight excluding hydrogens is 342 g/mol. The van der Waals surface area contributed by atoms with Gasteiger partial charge in [0.05, 0.1) is 11.2 Å². The highest BCUT2D eigenvalue weighted by molar-refractivity contribution is 6.48. The van der Waals surface area contributed by atoms with E-state index in [9.17, 15) is 5.11 Å². The molecule has 1 aromatic carbocycles. The Labute approximate surface area is 175 Å². The van der Waals surface area contributed by atoms with E-state index in [0.29, 0.717) is 7.48 Å². The van der Waals surface area contributed by atoms with E-state index in [1.165, 1.54) is 41.3 Å². The van der Waals surface area contributed by atoms with Crippen molar-refractivity contribution in [2.45, 2.75) is 90.3 Å². The second-order valence-corrected chi connectivity index (χ2v) is 8.97. The van der Waals surface area contributed by atoms with Crippen LogP contribution in [0.2, 0.25) is 0 Å². The molecule has 0 unspecified atom stereocenters. The number of hydrogen-bond acceptors (Lipinski definition) is 2. The van der Waals surface area contributed by atoms with E-state index in [4.69, 9.17) is 4.65 Å². The van der Waals surface area contributed by atoms with Gasteiger partial charge in [0, 0.05) is 0 Å². The highest BCUT2D eigenvalue weighted by atomic mass is 16.5. The molecule has 0 aliphatic heterocycles. The van der Waals surface area contributed by atoms with Crippen molar-refractivity contribution in [3.05, 3.63) is 48.6 Å². The zero-order chi connectivity index (χ0) is 21.2. The van der Waals surface area contributed by atoms with Crippen LogP contribution in [0.1, 0.15) is 77.3 Å². The van der Waals surface area contributed by atoms with Crippen LogP contribution < -0.4 is 10.9 Å². The van der Waals surface area contributed by atoms with Gasteiger partial charge in [-0.3, -0.25) is 0 Å². The molecule has 0 saturated carbocycles. The summed E-state index contributed by atoms with van der Waals surface area (Å²) in [5.74, 6) is 0. The summed E-state index contributed by atoms with van der Waals surface area (Å²) in [5.41, 5.74) is 3.93. The predicted octanol–water partition coefficient (Wildman–Crippen LogP) is 3.29. The SMILES string of the molecule is Bc1cc(CCCCC=C)c(BOC(C)(C)C(C)(C)O)cc1CCCCC=C. The van der Waals surface area contributed by atoms with Crippen LogP contribution in [-0.2, 0) is 17.5 Å². The van der Waals surface area contributed by atoms with Crippen molar-refractivity contribution in [1.82, 2.24) is 0 Å². The lowest BCUT2D eigenvalue weighted by molar-refractivity contribution is -0.0893. The zero-order valence-electron chi connectivity index (χ0n) is 18.9. The van der Waals surface area contributed by atoms with Crippen LogP contribution >= 0.6 is 0 Å². The van der Waals surface area contributed by atoms with Crippen molar-refractivity contribution in [3.8, 4) is 0 Å². The van der Waals surface area contributed by atoms with E-state index in [1.54, 1.807) is 0 Å². The maximum atomic E-state index is 10.4. The Kier molecular flexibility index (Phi) is 10.3. The van der Waals surface area contributed by atoms with Crippen molar-refractivity contribution in [2.24, 2.45) is 0 Å². The van der Waals surface area contributed by atoms with Gasteiger partial charge in [0.25, 0.3) is 0 Å². The standard InChI is InChI=1S/C24H40B2O2/c1-7-9-11-13-15-19-18-22(26-28-24(5,6)23(3,4)27)20(17-21(19)25)16-14-12-10-8-2/h7-8,17-18,26-27H,1-2,9-16,25H2,3-6H3. The van der Waals surface area contributed by atoms with Crippen LogP contribution in [0.3, 0.4) is 0 Å². The zero-order valence-corrected chi connectivity index (χ0v) is 18.9. The van der Waals surface area contributed by atoms with E-state index in [0.717, 1.165) is 32.1 Å². The van der Waals surface area contributed by atoms with Crippen LogP contribution in [0.4, 0.5) is 0 Å². The summed E-state index contributed by atoms with van der Waals surface area (Å²) >= 11 is 0. The Morgan fingerprint density at radius 2 is 1.50 bits per heavy atom. The third kappa shape index (κ3) is 8.01. The molecule has 0 heterocycles. The van der Waals surface area contributed by atoms with E-state index in [2.05, 4.69) is 33.1 Å². The second kappa shape index (κ2) is 11.7. The number of aryl methyl sites for hydroxylation is 2. The maximum absolute atomic E-state index is 10.4. The first-order chi connectivity index (χ1) is 13.1. The Bertz CT molecular complexity index is 630. The fourth-order valence-electron chi connectivity index (χ4n) is 3.14. The first-order valence-electron chi connectivity index (χ1n) is 10.8. The normalized spacial score (nSPS) is 12.0. The molecule has 0 fully saturated rings.